The van der Waals surface area contributed by atoms with Crippen LogP contribution in [-0.4, -0.2) is 46.4 Å². The number of ether oxygens (including phenoxy) is 2. The number of benzene rings is 2. The monoisotopic (exact) mass is 491 g/mol. The number of amides is 1. The van der Waals surface area contributed by atoms with Gasteiger partial charge in [0.2, 0.25) is 0 Å². The molecule has 2 aromatic carbocycles. The summed E-state index contributed by atoms with van der Waals surface area (Å²) in [6.07, 6.45) is 7.57. The van der Waals surface area contributed by atoms with E-state index in [9.17, 15) is 9.90 Å². The molecule has 1 amide bonds. The van der Waals surface area contributed by atoms with Crippen LogP contribution in [0.25, 0.3) is 11.3 Å². The first-order valence-corrected chi connectivity index (χ1v) is 13.1. The van der Waals surface area contributed by atoms with Gasteiger partial charge in [0.1, 0.15) is 17.1 Å². The highest BCUT2D eigenvalue weighted by Crippen LogP contribution is 2.46. The van der Waals surface area contributed by atoms with E-state index in [1.165, 1.54) is 12.8 Å². The fraction of sp³-hybridized carbons (Fsp3) is 0.448. The zero-order valence-corrected chi connectivity index (χ0v) is 21.5. The summed E-state index contributed by atoms with van der Waals surface area (Å²) in [6, 6.07) is 12.6. The normalized spacial score (nSPS) is 14.8. The van der Waals surface area contributed by atoms with E-state index in [2.05, 4.69) is 24.0 Å². The molecule has 1 unspecified atom stereocenters. The maximum atomic E-state index is 13.5. The van der Waals surface area contributed by atoms with E-state index in [1.807, 2.05) is 35.2 Å². The average molecular weight is 492 g/mol. The first-order valence-electron chi connectivity index (χ1n) is 13.1. The lowest BCUT2D eigenvalue weighted by atomic mass is 9.95. The summed E-state index contributed by atoms with van der Waals surface area (Å²) in [5.41, 5.74) is 3.38. The maximum Gasteiger partial charge on any atom is 0.273 e. The molecule has 7 nitrogen and oxygen atoms in total. The molecule has 1 aromatic heterocycles. The minimum Gasteiger partial charge on any atom is -0.507 e. The van der Waals surface area contributed by atoms with E-state index < -0.39 is 0 Å². The van der Waals surface area contributed by atoms with Gasteiger partial charge in [0.15, 0.2) is 11.5 Å². The zero-order chi connectivity index (χ0) is 25.5. The third-order valence-electron chi connectivity index (χ3n) is 6.78. The average Bonchev–Trinajstić information content (AvgIpc) is 3.43. The van der Waals surface area contributed by atoms with Crippen molar-refractivity contribution in [3.63, 3.8) is 0 Å². The first kappa shape index (κ1) is 25.6. The molecule has 4 rings (SSSR count). The van der Waals surface area contributed by atoms with Crippen molar-refractivity contribution in [2.24, 2.45) is 0 Å². The summed E-state index contributed by atoms with van der Waals surface area (Å²) in [5, 5.41) is 18.0. The van der Waals surface area contributed by atoms with Crippen LogP contribution in [0.15, 0.2) is 42.5 Å². The molecule has 3 aromatic rings. The highest BCUT2D eigenvalue weighted by Gasteiger charge is 2.42. The Morgan fingerprint density at radius 2 is 1.78 bits per heavy atom. The quantitative estimate of drug-likeness (QED) is 0.267. The second-order valence-corrected chi connectivity index (χ2v) is 9.31. The number of aromatic hydroxyl groups is 1. The molecule has 192 valence electrons. The summed E-state index contributed by atoms with van der Waals surface area (Å²) >= 11 is 0. The number of nitrogens with zero attached hydrogens (tertiary/aromatic N) is 2. The van der Waals surface area contributed by atoms with E-state index >= 15 is 0 Å². The van der Waals surface area contributed by atoms with Crippen molar-refractivity contribution in [3.05, 3.63) is 59.3 Å². The molecule has 1 aliphatic rings. The molecule has 2 N–H and O–H groups in total. The van der Waals surface area contributed by atoms with Gasteiger partial charge in [-0.25, -0.2) is 0 Å². The third kappa shape index (κ3) is 5.20. The highest BCUT2D eigenvalue weighted by atomic mass is 16.5. The first-order chi connectivity index (χ1) is 17.6. The predicted octanol–water partition coefficient (Wildman–Crippen LogP) is 6.49. The maximum absolute atomic E-state index is 13.5. The number of methoxy groups -OCH3 is 1. The lowest BCUT2D eigenvalue weighted by Gasteiger charge is -2.27. The number of phenols is 1. The number of nitrogens with one attached hydrogen (secondary N) is 1. The Morgan fingerprint density at radius 3 is 2.53 bits per heavy atom. The Balaban J connectivity index is 1.71. The Hall–Kier alpha value is -3.48. The van der Waals surface area contributed by atoms with Crippen molar-refractivity contribution in [1.82, 2.24) is 15.1 Å². The van der Waals surface area contributed by atoms with Gasteiger partial charge in [-0.05, 0) is 42.7 Å². The second kappa shape index (κ2) is 12.0. The zero-order valence-electron chi connectivity index (χ0n) is 21.5. The van der Waals surface area contributed by atoms with Crippen LogP contribution in [0.4, 0.5) is 0 Å². The van der Waals surface area contributed by atoms with Crippen LogP contribution in [0, 0.1) is 0 Å². The van der Waals surface area contributed by atoms with E-state index in [1.54, 1.807) is 19.2 Å². The highest BCUT2D eigenvalue weighted by molar-refractivity contribution is 6.00. The molecule has 2 heterocycles. The lowest BCUT2D eigenvalue weighted by Crippen LogP contribution is -2.30. The van der Waals surface area contributed by atoms with Crippen molar-refractivity contribution in [1.29, 1.82) is 0 Å². The number of H-pyrrole nitrogens is 1. The molecule has 7 heteroatoms. The number of aromatic nitrogens is 2. The number of fused-ring (bicyclic) bond motifs is 1. The predicted molar refractivity (Wildman–Crippen MR) is 141 cm³/mol. The van der Waals surface area contributed by atoms with Crippen molar-refractivity contribution in [3.8, 4) is 28.5 Å². The van der Waals surface area contributed by atoms with Crippen LogP contribution in [0.2, 0.25) is 0 Å². The van der Waals surface area contributed by atoms with Gasteiger partial charge < -0.3 is 19.5 Å². The summed E-state index contributed by atoms with van der Waals surface area (Å²) in [7, 11) is 1.64. The van der Waals surface area contributed by atoms with E-state index in [0.717, 1.165) is 43.2 Å². The van der Waals surface area contributed by atoms with Crippen LogP contribution < -0.4 is 9.47 Å². The number of carbonyl (C=O) groups excluding carboxylic acids is 1. The number of hydrogen-bond donors (Lipinski definition) is 2. The number of rotatable bonds is 13. The fourth-order valence-corrected chi connectivity index (χ4v) is 4.87. The van der Waals surface area contributed by atoms with E-state index in [4.69, 9.17) is 9.47 Å². The van der Waals surface area contributed by atoms with Gasteiger partial charge in [-0.2, -0.15) is 5.10 Å². The molecule has 0 saturated carbocycles. The fourth-order valence-electron chi connectivity index (χ4n) is 4.87. The van der Waals surface area contributed by atoms with Crippen molar-refractivity contribution in [2.45, 2.75) is 64.8 Å². The van der Waals surface area contributed by atoms with Crippen LogP contribution >= 0.6 is 0 Å². The molecular formula is C29H37N3O4. The van der Waals surface area contributed by atoms with Crippen molar-refractivity contribution in [2.75, 3.05) is 20.3 Å². The Bertz CT molecular complexity index is 1170. The van der Waals surface area contributed by atoms with Gasteiger partial charge in [0.05, 0.1) is 19.8 Å². The largest absolute Gasteiger partial charge is 0.507 e. The van der Waals surface area contributed by atoms with Gasteiger partial charge in [0.25, 0.3) is 5.91 Å². The van der Waals surface area contributed by atoms with Crippen LogP contribution in [-0.2, 0) is 0 Å². The number of hydrogen-bond acceptors (Lipinski definition) is 5. The SMILES string of the molecule is CCCCCCOc1ccc(C2c3c(-c4ccccc4O)n[nH]c3C(=O)N2CCCCC)cc1OC. The summed E-state index contributed by atoms with van der Waals surface area (Å²) < 4.78 is 11.7. The van der Waals surface area contributed by atoms with Gasteiger partial charge >= 0.3 is 0 Å². The van der Waals surface area contributed by atoms with Crippen molar-refractivity contribution >= 4 is 5.91 Å². The number of unbranched alkanes of at least 4 members (excludes halogenated alkanes) is 5. The summed E-state index contributed by atoms with van der Waals surface area (Å²) in [6.45, 7) is 5.62. The van der Waals surface area contributed by atoms with Crippen LogP contribution in [0.3, 0.4) is 0 Å². The molecule has 1 aliphatic heterocycles. The van der Waals surface area contributed by atoms with Crippen LogP contribution in [0.5, 0.6) is 17.2 Å². The van der Waals surface area contributed by atoms with E-state index in [-0.39, 0.29) is 17.7 Å². The van der Waals surface area contributed by atoms with Gasteiger partial charge in [-0.15, -0.1) is 0 Å². The third-order valence-corrected chi connectivity index (χ3v) is 6.78. The molecule has 0 radical (unpaired) electrons. The molecule has 0 spiro atoms. The lowest BCUT2D eigenvalue weighted by molar-refractivity contribution is 0.0740. The summed E-state index contributed by atoms with van der Waals surface area (Å²) in [5.74, 6) is 1.40. The number of aromatic amines is 1. The molecule has 0 aliphatic carbocycles. The molecule has 36 heavy (non-hydrogen) atoms. The minimum atomic E-state index is -0.342. The number of carbonyl (C=O) groups is 1. The molecule has 0 fully saturated rings. The molecule has 0 saturated heterocycles. The minimum absolute atomic E-state index is 0.0736. The molecular weight excluding hydrogens is 454 g/mol. The number of phenolic OH excluding ortho intramolecular Hbond substituents is 1. The second-order valence-electron chi connectivity index (χ2n) is 9.31. The van der Waals surface area contributed by atoms with E-state index in [0.29, 0.717) is 41.6 Å². The Morgan fingerprint density at radius 1 is 1.00 bits per heavy atom. The van der Waals surface area contributed by atoms with Crippen LogP contribution in [0.1, 0.15) is 86.5 Å². The summed E-state index contributed by atoms with van der Waals surface area (Å²) in [4.78, 5) is 15.4. The van der Waals surface area contributed by atoms with Gasteiger partial charge in [-0.1, -0.05) is 64.2 Å². The Labute approximate surface area is 213 Å². The molecule has 0 bridgehead atoms. The van der Waals surface area contributed by atoms with Crippen molar-refractivity contribution < 1.29 is 19.4 Å². The standard InChI is InChI=1S/C29H37N3O4/c1-4-6-8-12-18-36-23-16-15-20(19-24(23)35-3)28-25-26(21-13-9-10-14-22(21)33)30-31-27(25)29(34)32(28)17-11-7-5-2/h9-10,13-16,19,28,33H,4-8,11-12,17-18H2,1-3H3,(H,30,31). The van der Waals surface area contributed by atoms with Gasteiger partial charge in [0, 0.05) is 17.7 Å². The number of para-hydroxylation sites is 1. The Kier molecular flexibility index (Phi) is 8.52. The van der Waals surface area contributed by atoms with Gasteiger partial charge in [-0.3, -0.25) is 9.89 Å². The molecule has 1 atom stereocenters. The topological polar surface area (TPSA) is 87.7 Å². The smallest absolute Gasteiger partial charge is 0.273 e.